The molecule has 108 valence electrons. The topological polar surface area (TPSA) is 15.3 Å². The monoisotopic (exact) mass is 298 g/mol. The van der Waals surface area contributed by atoms with Crippen LogP contribution in [0.25, 0.3) is 0 Å². The second-order valence-corrected chi connectivity index (χ2v) is 6.36. The van der Waals surface area contributed by atoms with Crippen LogP contribution >= 0.6 is 24.4 Å². The number of nitrogens with zero attached hydrogens (tertiary/aromatic N) is 1. The fourth-order valence-electron chi connectivity index (χ4n) is 2.35. The largest absolute Gasteiger partial charge is 0.384 e. The van der Waals surface area contributed by atoms with E-state index in [1.165, 1.54) is 37.9 Å². The Hall–Kier alpha value is -0.320. The fourth-order valence-corrected chi connectivity index (χ4v) is 3.08. The first-order valence-electron chi connectivity index (χ1n) is 7.24. The van der Waals surface area contributed by atoms with E-state index in [1.807, 2.05) is 0 Å². The van der Waals surface area contributed by atoms with Gasteiger partial charge in [-0.1, -0.05) is 45.2 Å². The Kier molecular flexibility index (Phi) is 7.11. The van der Waals surface area contributed by atoms with Gasteiger partial charge in [-0.2, -0.15) is 0 Å². The van der Waals surface area contributed by atoms with Gasteiger partial charge >= 0.3 is 0 Å². The smallest absolute Gasteiger partial charge is 0.0796 e. The Morgan fingerprint density at radius 2 is 1.79 bits per heavy atom. The molecule has 0 aliphatic carbocycles. The van der Waals surface area contributed by atoms with Crippen LogP contribution < -0.4 is 5.32 Å². The van der Waals surface area contributed by atoms with Crippen LogP contribution in [-0.4, -0.2) is 31.6 Å². The molecule has 1 aromatic carbocycles. The fraction of sp³-hybridized carbons (Fsp3) is 0.733. The summed E-state index contributed by atoms with van der Waals surface area (Å²) in [7, 11) is 2.19. The van der Waals surface area contributed by atoms with Crippen LogP contribution in [0.1, 0.15) is 51.5 Å². The van der Waals surface area contributed by atoms with Crippen molar-refractivity contribution in [3.8, 4) is 0 Å². The first kappa shape index (κ1) is 16.7. The summed E-state index contributed by atoms with van der Waals surface area (Å²) in [5, 5.41) is 3.47. The lowest BCUT2D eigenvalue weighted by Gasteiger charge is -2.19. The molecule has 0 spiro atoms. The van der Waals surface area contributed by atoms with E-state index in [1.54, 1.807) is 0 Å². The van der Waals surface area contributed by atoms with Crippen LogP contribution in [0.3, 0.4) is 0 Å². The molecule has 0 bridgehead atoms. The Morgan fingerprint density at radius 1 is 1.11 bits per heavy atom. The molecule has 0 saturated carbocycles. The number of unbranched alkanes of at least 4 members (excludes halogenated alkanes) is 1. The zero-order valence-electron chi connectivity index (χ0n) is 12.6. The summed E-state index contributed by atoms with van der Waals surface area (Å²) in [6.07, 6.45) is 3.63. The third kappa shape index (κ3) is 4.62. The Bertz CT molecular complexity index is 459. The van der Waals surface area contributed by atoms with Crippen molar-refractivity contribution in [2.75, 3.05) is 32.0 Å². The van der Waals surface area contributed by atoms with Crippen LogP contribution in [0.4, 0.5) is 5.69 Å². The van der Waals surface area contributed by atoms with Gasteiger partial charge in [-0.05, 0) is 50.9 Å². The molecule has 0 saturated heterocycles. The Morgan fingerprint density at radius 3 is 2.37 bits per heavy atom. The zero-order chi connectivity index (χ0) is 14.4. The molecule has 19 heavy (non-hydrogen) atoms. The number of nitrogens with one attached hydrogen (secondary N) is 1. The highest BCUT2D eigenvalue weighted by Gasteiger charge is 2.16. The van der Waals surface area contributed by atoms with Gasteiger partial charge in [-0.15, -0.1) is 0 Å². The van der Waals surface area contributed by atoms with Gasteiger partial charge in [0.05, 0.1) is 14.7 Å². The van der Waals surface area contributed by atoms with Gasteiger partial charge in [0.25, 0.3) is 0 Å². The third-order valence-electron chi connectivity index (χ3n) is 3.40. The third-order valence-corrected chi connectivity index (χ3v) is 4.36. The lowest BCUT2D eigenvalue weighted by molar-refractivity contribution is 0.328. The van der Waals surface area contributed by atoms with E-state index < -0.39 is 0 Å². The first-order chi connectivity index (χ1) is 8.99. The minimum absolute atomic E-state index is 0.470. The summed E-state index contributed by atoms with van der Waals surface area (Å²) < 4.78 is 1.76. The van der Waals surface area contributed by atoms with Crippen LogP contribution in [0, 0.1) is 9.02 Å². The van der Waals surface area contributed by atoms with Gasteiger partial charge in [0.2, 0.25) is 0 Å². The van der Waals surface area contributed by atoms with Gasteiger partial charge < -0.3 is 10.2 Å². The first-order valence-corrected chi connectivity index (χ1v) is 8.06. The lowest BCUT2D eigenvalue weighted by Crippen LogP contribution is -2.21. The number of hydrogen-bond acceptors (Lipinski definition) is 4. The highest BCUT2D eigenvalue weighted by molar-refractivity contribution is 7.74. The molecule has 0 aromatic heterocycles. The summed E-state index contributed by atoms with van der Waals surface area (Å²) in [5.41, 5.74) is 2.39. The van der Waals surface area contributed by atoms with Crippen molar-refractivity contribution in [3.05, 3.63) is 14.6 Å². The minimum atomic E-state index is 0.470. The normalized spacial score (nSPS) is 11.7. The summed E-state index contributed by atoms with van der Waals surface area (Å²) in [6.45, 7) is 9.92. The molecular weight excluding hydrogens is 272 g/mol. The standard InChI is InChI=1S/C15H26N2S2/c1-5-9-17(4)10-7-6-8-16-13-12(11(2)3)14(18)15(13)19/h11,16H,5-10H2,1-4H3. The van der Waals surface area contributed by atoms with Gasteiger partial charge in [0, 0.05) is 6.54 Å². The van der Waals surface area contributed by atoms with Crippen molar-refractivity contribution in [3.63, 3.8) is 0 Å². The van der Waals surface area contributed by atoms with Crippen molar-refractivity contribution in [2.45, 2.75) is 46.0 Å². The number of hydrogen-bond donors (Lipinski definition) is 1. The van der Waals surface area contributed by atoms with Crippen LogP contribution in [0.5, 0.6) is 0 Å². The minimum Gasteiger partial charge on any atom is -0.384 e. The average Bonchev–Trinajstić information content (AvgIpc) is 2.36. The molecule has 2 nitrogen and oxygen atoms in total. The van der Waals surface area contributed by atoms with E-state index in [9.17, 15) is 0 Å². The zero-order valence-corrected chi connectivity index (χ0v) is 14.2. The van der Waals surface area contributed by atoms with Gasteiger partial charge in [0.1, 0.15) is 0 Å². The van der Waals surface area contributed by atoms with E-state index in [-0.39, 0.29) is 0 Å². The van der Waals surface area contributed by atoms with Gasteiger partial charge in [-0.25, -0.2) is 0 Å². The molecule has 0 amide bonds. The van der Waals surface area contributed by atoms with E-state index in [0.29, 0.717) is 5.92 Å². The Balaban J connectivity index is 2.29. The summed E-state index contributed by atoms with van der Waals surface area (Å²) in [6, 6.07) is 0. The molecule has 0 fully saturated rings. The summed E-state index contributed by atoms with van der Waals surface area (Å²) in [5.74, 6) is 0.470. The molecule has 1 N–H and O–H groups in total. The van der Waals surface area contributed by atoms with Crippen LogP contribution in [0.15, 0.2) is 0 Å². The Labute approximate surface area is 127 Å². The van der Waals surface area contributed by atoms with E-state index >= 15 is 0 Å². The maximum absolute atomic E-state index is 5.31. The van der Waals surface area contributed by atoms with E-state index in [4.69, 9.17) is 24.4 Å². The van der Waals surface area contributed by atoms with Crippen molar-refractivity contribution < 1.29 is 0 Å². The van der Waals surface area contributed by atoms with Crippen LogP contribution in [-0.2, 0) is 0 Å². The van der Waals surface area contributed by atoms with Crippen LogP contribution in [0.2, 0.25) is 0 Å². The van der Waals surface area contributed by atoms with Crippen molar-refractivity contribution in [2.24, 2.45) is 0 Å². The molecule has 4 heteroatoms. The highest BCUT2D eigenvalue weighted by atomic mass is 32.1. The predicted octanol–water partition coefficient (Wildman–Crippen LogP) is 4.68. The number of rotatable bonds is 9. The molecular formula is C15H26N2S2. The van der Waals surface area contributed by atoms with Gasteiger partial charge in [-0.3, -0.25) is 0 Å². The summed E-state index contributed by atoms with van der Waals surface area (Å²) >= 11 is 10.6. The predicted molar refractivity (Wildman–Crippen MR) is 90.1 cm³/mol. The molecule has 0 unspecified atom stereocenters. The average molecular weight is 299 g/mol. The van der Waals surface area contributed by atoms with E-state index in [2.05, 4.69) is 38.0 Å². The molecule has 0 aliphatic rings. The quantitative estimate of drug-likeness (QED) is 0.526. The maximum atomic E-state index is 5.31. The number of anilines is 1. The lowest BCUT2D eigenvalue weighted by atomic mass is 9.97. The van der Waals surface area contributed by atoms with Crippen molar-refractivity contribution in [1.82, 2.24) is 4.90 Å². The molecule has 0 heterocycles. The molecule has 0 atom stereocenters. The molecule has 1 rings (SSSR count). The molecule has 0 aliphatic heterocycles. The highest BCUT2D eigenvalue weighted by Crippen LogP contribution is 2.32. The SMILES string of the molecule is CCCN(C)CCCCNc1c(C(C)C)c(=S)c1=S. The maximum Gasteiger partial charge on any atom is 0.0796 e. The summed E-state index contributed by atoms with van der Waals surface area (Å²) in [4.78, 5) is 2.39. The van der Waals surface area contributed by atoms with Crippen molar-refractivity contribution in [1.29, 1.82) is 0 Å². The van der Waals surface area contributed by atoms with Gasteiger partial charge in [0.15, 0.2) is 0 Å². The molecule has 1 aromatic rings. The van der Waals surface area contributed by atoms with Crippen molar-refractivity contribution >= 4 is 30.1 Å². The van der Waals surface area contributed by atoms with E-state index in [0.717, 1.165) is 21.3 Å². The second kappa shape index (κ2) is 8.08. The molecule has 0 radical (unpaired) electrons. The second-order valence-electron chi connectivity index (χ2n) is 5.54.